The van der Waals surface area contributed by atoms with Crippen LogP contribution in [0.5, 0.6) is 5.75 Å². The highest BCUT2D eigenvalue weighted by Gasteiger charge is 2.42. The second-order valence-electron chi connectivity index (χ2n) is 14.9. The highest BCUT2D eigenvalue weighted by atomic mass is 16.6. The average molecular weight is 744 g/mol. The monoisotopic (exact) mass is 743 g/mol. The van der Waals surface area contributed by atoms with Gasteiger partial charge in [0.2, 0.25) is 11.5 Å². The number of phenolic OH excluding ortho intramolecular Hbond substituents is 1. The van der Waals surface area contributed by atoms with E-state index in [0.717, 1.165) is 54.9 Å². The van der Waals surface area contributed by atoms with E-state index in [0.29, 0.717) is 54.2 Å². The van der Waals surface area contributed by atoms with Gasteiger partial charge in [0.05, 0.1) is 17.3 Å². The van der Waals surface area contributed by atoms with Crippen LogP contribution in [-0.4, -0.2) is 82.9 Å². The number of ether oxygens (including phenoxy) is 1. The Morgan fingerprint density at radius 2 is 1.67 bits per heavy atom. The largest absolute Gasteiger partial charge is 0.506 e. The van der Waals surface area contributed by atoms with Crippen molar-refractivity contribution in [3.05, 3.63) is 130 Å². The van der Waals surface area contributed by atoms with Crippen molar-refractivity contribution in [1.29, 1.82) is 0 Å². The topological polar surface area (TPSA) is 147 Å². The number of para-hydroxylation sites is 1. The molecule has 2 fully saturated rings. The van der Waals surface area contributed by atoms with Crippen molar-refractivity contribution >= 4 is 28.6 Å². The number of aromatic amines is 1. The standard InChI is InChI=1S/C44H49N5O6/c1-48(21-20-45-25-40(51)36-15-17-39(50)43-37(36)16-18-41(52)47-43)42(53)19-14-29-8-7-9-30(22-29)26-49-27-32-23-34(24-33(32)28-49)55-44(54)46-38-13-6-5-12-35(38)31-10-3-2-4-11-31/h2-13,15-18,22,32-34,40,45,50-51H,14,19-21,23-28H2,1H3,(H,46,54)(H,47,52)/t32-,33+,34+,40?. The maximum Gasteiger partial charge on any atom is 0.411 e. The molecular weight excluding hydrogens is 695 g/mol. The minimum absolute atomic E-state index is 0.0516. The molecule has 2 heterocycles. The first-order valence-corrected chi connectivity index (χ1v) is 19.1. The number of aryl methyl sites for hydroxylation is 1. The third kappa shape index (κ3) is 9.43. The average Bonchev–Trinajstić information content (AvgIpc) is 3.74. The fourth-order valence-corrected chi connectivity index (χ4v) is 8.17. The number of amides is 2. The number of likely N-dealkylation sites (tertiary alicyclic amines) is 1. The van der Waals surface area contributed by atoms with Crippen molar-refractivity contribution in [2.45, 2.75) is 44.4 Å². The minimum atomic E-state index is -0.860. The molecule has 1 aromatic heterocycles. The number of anilines is 1. The van der Waals surface area contributed by atoms with Crippen molar-refractivity contribution in [3.8, 4) is 16.9 Å². The molecule has 2 aliphatic rings. The van der Waals surface area contributed by atoms with Crippen LogP contribution in [0.4, 0.5) is 10.5 Å². The molecule has 11 heteroatoms. The lowest BCUT2D eigenvalue weighted by Gasteiger charge is -2.20. The molecule has 4 aromatic carbocycles. The van der Waals surface area contributed by atoms with Gasteiger partial charge in [-0.1, -0.05) is 78.9 Å². The number of aliphatic hydroxyl groups is 1. The number of carbonyl (C=O) groups is 2. The summed E-state index contributed by atoms with van der Waals surface area (Å²) in [6.07, 6.45) is 1.46. The van der Waals surface area contributed by atoms with E-state index in [2.05, 4.69) is 44.8 Å². The van der Waals surface area contributed by atoms with E-state index in [1.807, 2.05) is 54.6 Å². The summed E-state index contributed by atoms with van der Waals surface area (Å²) < 4.78 is 5.92. The van der Waals surface area contributed by atoms with Crippen LogP contribution in [-0.2, 0) is 22.5 Å². The molecule has 1 aliphatic carbocycles. The van der Waals surface area contributed by atoms with Crippen LogP contribution in [0.25, 0.3) is 22.0 Å². The smallest absolute Gasteiger partial charge is 0.411 e. The molecule has 1 saturated carbocycles. The lowest BCUT2D eigenvalue weighted by atomic mass is 10.0. The number of phenols is 1. The molecule has 5 aromatic rings. The predicted octanol–water partition coefficient (Wildman–Crippen LogP) is 6.07. The summed E-state index contributed by atoms with van der Waals surface area (Å²) in [6, 6.07) is 32.4. The number of hydrogen-bond acceptors (Lipinski definition) is 8. The van der Waals surface area contributed by atoms with Crippen LogP contribution in [0.3, 0.4) is 0 Å². The number of aromatic hydroxyl groups is 1. The van der Waals surface area contributed by atoms with Crippen molar-refractivity contribution in [2.24, 2.45) is 11.8 Å². The number of nitrogens with one attached hydrogen (secondary N) is 3. The molecule has 0 bridgehead atoms. The summed E-state index contributed by atoms with van der Waals surface area (Å²) >= 11 is 0. The molecule has 1 unspecified atom stereocenters. The lowest BCUT2D eigenvalue weighted by Crippen LogP contribution is -2.35. The molecule has 1 saturated heterocycles. The Morgan fingerprint density at radius 3 is 2.47 bits per heavy atom. The third-order valence-electron chi connectivity index (χ3n) is 11.0. The zero-order chi connectivity index (χ0) is 38.3. The first kappa shape index (κ1) is 37.8. The van der Waals surface area contributed by atoms with Gasteiger partial charge in [0, 0.05) is 69.8 Å². The van der Waals surface area contributed by atoms with Crippen LogP contribution in [0.15, 0.2) is 108 Å². The number of likely N-dealkylation sites (N-methyl/N-ethyl adjacent to an activating group) is 1. The molecule has 0 radical (unpaired) electrons. The number of rotatable bonds is 14. The van der Waals surface area contributed by atoms with Gasteiger partial charge in [-0.2, -0.15) is 0 Å². The zero-order valence-electron chi connectivity index (χ0n) is 31.1. The Bertz CT molecular complexity index is 2160. The Morgan fingerprint density at radius 1 is 0.927 bits per heavy atom. The predicted molar refractivity (Wildman–Crippen MR) is 214 cm³/mol. The molecule has 286 valence electrons. The van der Waals surface area contributed by atoms with E-state index in [1.165, 1.54) is 17.7 Å². The number of pyridine rings is 1. The van der Waals surface area contributed by atoms with Crippen LogP contribution < -0.4 is 16.2 Å². The summed E-state index contributed by atoms with van der Waals surface area (Å²) in [7, 11) is 1.79. The second-order valence-corrected chi connectivity index (χ2v) is 14.9. The molecule has 0 spiro atoms. The van der Waals surface area contributed by atoms with Crippen LogP contribution in [0.2, 0.25) is 0 Å². The Kier molecular flexibility index (Phi) is 11.9. The first-order chi connectivity index (χ1) is 26.7. The van der Waals surface area contributed by atoms with Gasteiger partial charge < -0.3 is 30.2 Å². The molecule has 11 nitrogen and oxygen atoms in total. The maximum absolute atomic E-state index is 13.0. The number of H-pyrrole nitrogens is 1. The number of nitrogens with zero attached hydrogens (tertiary/aromatic N) is 2. The number of carbonyl (C=O) groups excluding carboxylic acids is 2. The second kappa shape index (κ2) is 17.3. The normalized spacial score (nSPS) is 18.5. The van der Waals surface area contributed by atoms with Crippen molar-refractivity contribution < 1.29 is 24.5 Å². The van der Waals surface area contributed by atoms with E-state index in [4.69, 9.17) is 4.74 Å². The van der Waals surface area contributed by atoms with Gasteiger partial charge in [0.15, 0.2) is 0 Å². The number of benzene rings is 4. The zero-order valence-corrected chi connectivity index (χ0v) is 31.1. The number of aliphatic hydroxyl groups excluding tert-OH is 1. The minimum Gasteiger partial charge on any atom is -0.506 e. The fourth-order valence-electron chi connectivity index (χ4n) is 8.17. The quantitative estimate of drug-likeness (QED) is 0.0862. The summed E-state index contributed by atoms with van der Waals surface area (Å²) in [6.45, 7) is 4.06. The molecule has 4 atom stereocenters. The fraction of sp³-hybridized carbons (Fsp3) is 0.341. The van der Waals surface area contributed by atoms with Crippen molar-refractivity contribution in [1.82, 2.24) is 20.1 Å². The van der Waals surface area contributed by atoms with E-state index in [9.17, 15) is 24.6 Å². The van der Waals surface area contributed by atoms with Crippen molar-refractivity contribution in [3.63, 3.8) is 0 Å². The summed E-state index contributed by atoms with van der Waals surface area (Å²) in [4.78, 5) is 44.4. The van der Waals surface area contributed by atoms with Gasteiger partial charge in [-0.25, -0.2) is 4.79 Å². The van der Waals surface area contributed by atoms with Gasteiger partial charge in [0.1, 0.15) is 11.9 Å². The van der Waals surface area contributed by atoms with E-state index in [-0.39, 0.29) is 29.9 Å². The van der Waals surface area contributed by atoms with E-state index in [1.54, 1.807) is 24.1 Å². The van der Waals surface area contributed by atoms with Gasteiger partial charge >= 0.3 is 6.09 Å². The van der Waals surface area contributed by atoms with Gasteiger partial charge in [-0.05, 0) is 71.6 Å². The Hall–Kier alpha value is -5.49. The Balaban J connectivity index is 0.810. The summed E-state index contributed by atoms with van der Waals surface area (Å²) in [5.41, 5.74) is 5.68. The number of aromatic nitrogens is 1. The number of hydrogen-bond donors (Lipinski definition) is 5. The van der Waals surface area contributed by atoms with Crippen LogP contribution >= 0.6 is 0 Å². The molecule has 1 aliphatic heterocycles. The van der Waals surface area contributed by atoms with Gasteiger partial charge in [-0.3, -0.25) is 19.8 Å². The number of fused-ring (bicyclic) bond motifs is 2. The van der Waals surface area contributed by atoms with Crippen molar-refractivity contribution in [2.75, 3.05) is 45.1 Å². The molecule has 5 N–H and O–H groups in total. The lowest BCUT2D eigenvalue weighted by molar-refractivity contribution is -0.129. The molecule has 2 amide bonds. The van der Waals surface area contributed by atoms with E-state index < -0.39 is 12.2 Å². The molecule has 55 heavy (non-hydrogen) atoms. The van der Waals surface area contributed by atoms with Gasteiger partial charge in [0.25, 0.3) is 0 Å². The first-order valence-electron chi connectivity index (χ1n) is 19.1. The van der Waals surface area contributed by atoms with E-state index >= 15 is 0 Å². The summed E-state index contributed by atoms with van der Waals surface area (Å²) in [5, 5.41) is 27.7. The van der Waals surface area contributed by atoms with Crippen LogP contribution in [0, 0.1) is 11.8 Å². The van der Waals surface area contributed by atoms with Gasteiger partial charge in [-0.15, -0.1) is 0 Å². The Labute approximate surface area is 321 Å². The highest BCUT2D eigenvalue weighted by Crippen LogP contribution is 2.40. The maximum atomic E-state index is 13.0. The molecular formula is C44H49N5O6. The SMILES string of the molecule is CN(CCNCC(O)c1ccc(O)c2[nH]c(=O)ccc12)C(=O)CCc1cccc(CN2C[C@H]3C[C@H](OC(=O)Nc4ccccc4-c4ccccc4)C[C@H]3C2)c1. The highest BCUT2D eigenvalue weighted by molar-refractivity contribution is 5.91. The third-order valence-corrected chi connectivity index (χ3v) is 11.0. The summed E-state index contributed by atoms with van der Waals surface area (Å²) in [5.74, 6) is 1.01. The van der Waals surface area contributed by atoms with Crippen LogP contribution in [0.1, 0.15) is 42.1 Å². The molecule has 7 rings (SSSR count).